The Balaban J connectivity index is 2.27. The van der Waals surface area contributed by atoms with E-state index in [4.69, 9.17) is 4.74 Å². The fourth-order valence-corrected chi connectivity index (χ4v) is 3.18. The third kappa shape index (κ3) is 3.77. The number of rotatable bonds is 5. The Hall–Kier alpha value is -2.19. The van der Waals surface area contributed by atoms with E-state index < -0.39 is 16.0 Å². The Morgan fingerprint density at radius 3 is 2.61 bits per heavy atom. The number of nitrogens with zero attached hydrogens (tertiary/aromatic N) is 2. The first-order valence-electron chi connectivity index (χ1n) is 6.94. The van der Waals surface area contributed by atoms with Crippen LogP contribution in [0.1, 0.15) is 27.0 Å². The van der Waals surface area contributed by atoms with E-state index >= 15 is 0 Å². The number of benzene rings is 1. The minimum Gasteiger partial charge on any atom is -0.457 e. The molecule has 2 rings (SSSR count). The molecule has 0 aliphatic carbocycles. The summed E-state index contributed by atoms with van der Waals surface area (Å²) >= 11 is 0. The number of carbonyl (C=O) groups is 1. The van der Waals surface area contributed by atoms with E-state index in [0.717, 1.165) is 5.56 Å². The van der Waals surface area contributed by atoms with Gasteiger partial charge in [-0.2, -0.15) is 5.10 Å². The Bertz CT molecular complexity index is 840. The van der Waals surface area contributed by atoms with Gasteiger partial charge in [0, 0.05) is 18.8 Å². The van der Waals surface area contributed by atoms with E-state index in [1.807, 2.05) is 0 Å². The summed E-state index contributed by atoms with van der Waals surface area (Å²) in [5.74, 6) is -0.579. The van der Waals surface area contributed by atoms with E-state index in [-0.39, 0.29) is 17.1 Å². The monoisotopic (exact) mass is 337 g/mol. The van der Waals surface area contributed by atoms with Crippen molar-refractivity contribution in [1.82, 2.24) is 14.5 Å². The number of hydrogen-bond donors (Lipinski definition) is 1. The van der Waals surface area contributed by atoms with Gasteiger partial charge in [0.25, 0.3) is 0 Å². The molecule has 0 aliphatic rings. The van der Waals surface area contributed by atoms with Gasteiger partial charge in [0.15, 0.2) is 0 Å². The smallest absolute Gasteiger partial charge is 0.338 e. The molecule has 23 heavy (non-hydrogen) atoms. The fraction of sp³-hybridized carbons (Fsp3) is 0.333. The highest BCUT2D eigenvalue weighted by Crippen LogP contribution is 2.21. The standard InChI is InChI=1S/C15H19N3O4S/c1-10-5-13(6-14(11(10)2)23(20,21)16-3)15(19)22-9-12-7-17-18(4)8-12/h5-8,16H,9H2,1-4H3. The van der Waals surface area contributed by atoms with E-state index in [1.165, 1.54) is 13.1 Å². The minimum absolute atomic E-state index is 0.0771. The quantitative estimate of drug-likeness (QED) is 0.831. The predicted molar refractivity (Wildman–Crippen MR) is 84.5 cm³/mol. The molecule has 0 bridgehead atoms. The molecule has 2 aromatic rings. The summed E-state index contributed by atoms with van der Waals surface area (Å²) in [5.41, 5.74) is 2.26. The number of sulfonamides is 1. The Morgan fingerprint density at radius 2 is 2.04 bits per heavy atom. The molecule has 0 amide bonds. The number of aromatic nitrogens is 2. The number of esters is 1. The van der Waals surface area contributed by atoms with Crippen molar-refractivity contribution in [3.63, 3.8) is 0 Å². The second kappa shape index (κ2) is 6.51. The van der Waals surface area contributed by atoms with Crippen LogP contribution in [0.15, 0.2) is 29.4 Å². The van der Waals surface area contributed by atoms with E-state index in [2.05, 4.69) is 9.82 Å². The maximum absolute atomic E-state index is 12.2. The average molecular weight is 337 g/mol. The highest BCUT2D eigenvalue weighted by Gasteiger charge is 2.20. The maximum Gasteiger partial charge on any atom is 0.338 e. The van der Waals surface area contributed by atoms with Crippen LogP contribution in [-0.4, -0.2) is 31.2 Å². The zero-order chi connectivity index (χ0) is 17.2. The lowest BCUT2D eigenvalue weighted by molar-refractivity contribution is 0.0472. The normalized spacial score (nSPS) is 11.5. The summed E-state index contributed by atoms with van der Waals surface area (Å²) in [5, 5.41) is 3.99. The van der Waals surface area contributed by atoms with Crippen molar-refractivity contribution in [3.05, 3.63) is 46.8 Å². The van der Waals surface area contributed by atoms with Gasteiger partial charge in [-0.3, -0.25) is 4.68 Å². The summed E-state index contributed by atoms with van der Waals surface area (Å²) in [6.45, 7) is 3.53. The van der Waals surface area contributed by atoms with E-state index in [9.17, 15) is 13.2 Å². The lowest BCUT2D eigenvalue weighted by Gasteiger charge is -2.12. The molecule has 0 radical (unpaired) electrons. The molecule has 0 unspecified atom stereocenters. The number of ether oxygens (including phenoxy) is 1. The lowest BCUT2D eigenvalue weighted by Crippen LogP contribution is -2.21. The van der Waals surface area contributed by atoms with Gasteiger partial charge in [-0.05, 0) is 44.2 Å². The lowest BCUT2D eigenvalue weighted by atomic mass is 10.1. The first-order valence-corrected chi connectivity index (χ1v) is 8.42. The molecule has 1 aromatic heterocycles. The highest BCUT2D eigenvalue weighted by atomic mass is 32.2. The van der Waals surface area contributed by atoms with Crippen LogP contribution >= 0.6 is 0 Å². The van der Waals surface area contributed by atoms with Crippen molar-refractivity contribution in [2.75, 3.05) is 7.05 Å². The summed E-state index contributed by atoms with van der Waals surface area (Å²) in [6, 6.07) is 2.95. The second-order valence-electron chi connectivity index (χ2n) is 5.22. The number of carbonyl (C=O) groups excluding carboxylic acids is 1. The van der Waals surface area contributed by atoms with Crippen molar-refractivity contribution in [1.29, 1.82) is 0 Å². The molecule has 1 N–H and O–H groups in total. The zero-order valence-electron chi connectivity index (χ0n) is 13.5. The van der Waals surface area contributed by atoms with Crippen LogP contribution < -0.4 is 4.72 Å². The highest BCUT2D eigenvalue weighted by molar-refractivity contribution is 7.89. The van der Waals surface area contributed by atoms with Gasteiger partial charge >= 0.3 is 5.97 Å². The van der Waals surface area contributed by atoms with Gasteiger partial charge in [0.2, 0.25) is 10.0 Å². The molecule has 0 fully saturated rings. The first-order chi connectivity index (χ1) is 10.7. The molecular weight excluding hydrogens is 318 g/mol. The van der Waals surface area contributed by atoms with Crippen LogP contribution in [0.4, 0.5) is 0 Å². The molecule has 0 spiro atoms. The predicted octanol–water partition coefficient (Wildman–Crippen LogP) is 1.30. The molecule has 124 valence electrons. The summed E-state index contributed by atoms with van der Waals surface area (Å²) < 4.78 is 33.2. The van der Waals surface area contributed by atoms with Crippen molar-refractivity contribution in [3.8, 4) is 0 Å². The van der Waals surface area contributed by atoms with Crippen LogP contribution in [0.3, 0.4) is 0 Å². The van der Waals surface area contributed by atoms with Crippen molar-refractivity contribution in [2.24, 2.45) is 7.05 Å². The molecule has 0 saturated heterocycles. The molecule has 8 heteroatoms. The number of aryl methyl sites for hydroxylation is 2. The van der Waals surface area contributed by atoms with Crippen molar-refractivity contribution in [2.45, 2.75) is 25.3 Å². The second-order valence-corrected chi connectivity index (χ2v) is 7.08. The summed E-state index contributed by atoms with van der Waals surface area (Å²) in [4.78, 5) is 12.3. The SMILES string of the molecule is CNS(=O)(=O)c1cc(C(=O)OCc2cnn(C)c2)cc(C)c1C. The third-order valence-electron chi connectivity index (χ3n) is 3.54. The van der Waals surface area contributed by atoms with Crippen LogP contribution in [0.2, 0.25) is 0 Å². The summed E-state index contributed by atoms with van der Waals surface area (Å²) in [7, 11) is -0.544. The van der Waals surface area contributed by atoms with Gasteiger partial charge in [-0.15, -0.1) is 0 Å². The summed E-state index contributed by atoms with van der Waals surface area (Å²) in [6.07, 6.45) is 3.34. The van der Waals surface area contributed by atoms with Crippen LogP contribution in [0, 0.1) is 13.8 Å². The van der Waals surface area contributed by atoms with E-state index in [0.29, 0.717) is 11.1 Å². The van der Waals surface area contributed by atoms with E-state index in [1.54, 1.807) is 44.0 Å². The Morgan fingerprint density at radius 1 is 1.35 bits per heavy atom. The van der Waals surface area contributed by atoms with Gasteiger partial charge in [0.1, 0.15) is 6.61 Å². The largest absolute Gasteiger partial charge is 0.457 e. The van der Waals surface area contributed by atoms with Crippen LogP contribution in [0.25, 0.3) is 0 Å². The Kier molecular flexibility index (Phi) is 4.86. The van der Waals surface area contributed by atoms with Crippen molar-refractivity contribution < 1.29 is 17.9 Å². The van der Waals surface area contributed by atoms with Crippen molar-refractivity contribution >= 4 is 16.0 Å². The molecule has 0 atom stereocenters. The molecular formula is C15H19N3O4S. The molecule has 0 saturated carbocycles. The first kappa shape index (κ1) is 17.2. The molecule has 1 heterocycles. The van der Waals surface area contributed by atoms with Gasteiger partial charge < -0.3 is 4.74 Å². The molecule has 0 aliphatic heterocycles. The topological polar surface area (TPSA) is 90.3 Å². The van der Waals surface area contributed by atoms with Gasteiger partial charge in [0.05, 0.1) is 16.7 Å². The molecule has 7 nitrogen and oxygen atoms in total. The van der Waals surface area contributed by atoms with Gasteiger partial charge in [-0.1, -0.05) is 0 Å². The number of nitrogens with one attached hydrogen (secondary N) is 1. The van der Waals surface area contributed by atoms with Crippen LogP contribution in [-0.2, 0) is 28.4 Å². The van der Waals surface area contributed by atoms with Crippen LogP contribution in [0.5, 0.6) is 0 Å². The zero-order valence-corrected chi connectivity index (χ0v) is 14.3. The van der Waals surface area contributed by atoms with Gasteiger partial charge in [-0.25, -0.2) is 17.9 Å². The maximum atomic E-state index is 12.2. The third-order valence-corrected chi connectivity index (χ3v) is 5.08. The Labute approximate surface area is 135 Å². The molecule has 1 aromatic carbocycles. The number of hydrogen-bond acceptors (Lipinski definition) is 5. The average Bonchev–Trinajstić information content (AvgIpc) is 2.92. The fourth-order valence-electron chi connectivity index (χ4n) is 2.11. The minimum atomic E-state index is -3.64.